The van der Waals surface area contributed by atoms with Crippen molar-refractivity contribution < 1.29 is 0 Å². The maximum Gasteiger partial charge on any atom is 0.0992 e. The topological polar surface area (TPSA) is 23.8 Å². The lowest BCUT2D eigenvalue weighted by Crippen LogP contribution is -1.90. The van der Waals surface area contributed by atoms with Crippen LogP contribution in [-0.4, -0.2) is 0 Å². The molecule has 0 aliphatic rings. The van der Waals surface area contributed by atoms with Crippen LogP contribution in [-0.2, 0) is 0 Å². The molecule has 1 nitrogen and oxygen atoms in total. The Morgan fingerprint density at radius 3 is 1.50 bits per heavy atom. The summed E-state index contributed by atoms with van der Waals surface area (Å²) in [4.78, 5) is 0. The van der Waals surface area contributed by atoms with Crippen LogP contribution >= 0.6 is 22.7 Å². The number of hydrogen-bond acceptors (Lipinski definition) is 3. The average molecular weight is 620 g/mol. The SMILES string of the molecule is N#Cc1cc(-c2ccccc2)cc(-c2ccc(-c3ccc4sc5ccccc5c4c3)c(-c3ccc4sc5ccccc5c4c3)c2)c1. The minimum atomic E-state index is 0.655. The first-order valence-corrected chi connectivity index (χ1v) is 16.9. The molecule has 46 heavy (non-hydrogen) atoms. The van der Waals surface area contributed by atoms with Crippen molar-refractivity contribution >= 4 is 63.0 Å². The highest BCUT2D eigenvalue weighted by Gasteiger charge is 2.15. The van der Waals surface area contributed by atoms with E-state index in [0.29, 0.717) is 5.56 Å². The summed E-state index contributed by atoms with van der Waals surface area (Å²) in [7, 11) is 0. The fourth-order valence-electron chi connectivity index (χ4n) is 6.66. The lowest BCUT2D eigenvalue weighted by atomic mass is 9.89. The van der Waals surface area contributed by atoms with Crippen LogP contribution in [0, 0.1) is 11.3 Å². The summed E-state index contributed by atoms with van der Waals surface area (Å²) in [5, 5.41) is 15.1. The Bertz CT molecular complexity index is 2650. The molecule has 2 heterocycles. The van der Waals surface area contributed by atoms with Crippen molar-refractivity contribution in [1.29, 1.82) is 5.26 Å². The fourth-order valence-corrected chi connectivity index (χ4v) is 8.83. The van der Waals surface area contributed by atoms with Gasteiger partial charge in [-0.1, -0.05) is 91.0 Å². The molecular formula is C43H25NS2. The van der Waals surface area contributed by atoms with Crippen molar-refractivity contribution in [3.8, 4) is 50.6 Å². The number of benzene rings is 7. The first-order valence-electron chi connectivity index (χ1n) is 15.3. The van der Waals surface area contributed by atoms with Crippen LogP contribution in [0.1, 0.15) is 5.56 Å². The van der Waals surface area contributed by atoms with Gasteiger partial charge in [0, 0.05) is 40.3 Å². The molecule has 0 bridgehead atoms. The minimum absolute atomic E-state index is 0.655. The third-order valence-corrected chi connectivity index (χ3v) is 11.2. The molecule has 9 rings (SSSR count). The predicted octanol–water partition coefficient (Wildman–Crippen LogP) is 13.0. The summed E-state index contributed by atoms with van der Waals surface area (Å²) in [6.45, 7) is 0. The van der Waals surface area contributed by atoms with E-state index in [9.17, 15) is 5.26 Å². The van der Waals surface area contributed by atoms with Crippen molar-refractivity contribution in [3.63, 3.8) is 0 Å². The molecule has 0 spiro atoms. The zero-order chi connectivity index (χ0) is 30.6. The molecular weight excluding hydrogens is 595 g/mol. The lowest BCUT2D eigenvalue weighted by molar-refractivity contribution is 1.48. The summed E-state index contributed by atoms with van der Waals surface area (Å²) in [5.74, 6) is 0. The Labute approximate surface area is 274 Å². The molecule has 0 saturated heterocycles. The van der Waals surface area contributed by atoms with E-state index >= 15 is 0 Å². The Morgan fingerprint density at radius 1 is 0.348 bits per heavy atom. The summed E-state index contributed by atoms with van der Waals surface area (Å²) in [6, 6.07) is 56.8. The third kappa shape index (κ3) is 4.51. The van der Waals surface area contributed by atoms with Crippen molar-refractivity contribution in [2.24, 2.45) is 0 Å². The molecule has 214 valence electrons. The van der Waals surface area contributed by atoms with Crippen molar-refractivity contribution in [1.82, 2.24) is 0 Å². The lowest BCUT2D eigenvalue weighted by Gasteiger charge is -2.15. The second-order valence-electron chi connectivity index (χ2n) is 11.7. The summed E-state index contributed by atoms with van der Waals surface area (Å²) >= 11 is 3.69. The number of thiophene rings is 2. The van der Waals surface area contributed by atoms with Crippen LogP contribution in [0.15, 0.2) is 152 Å². The van der Waals surface area contributed by atoms with Crippen molar-refractivity contribution in [2.75, 3.05) is 0 Å². The smallest absolute Gasteiger partial charge is 0.0992 e. The maximum atomic E-state index is 9.97. The van der Waals surface area contributed by atoms with E-state index in [0.717, 1.165) is 22.3 Å². The Balaban J connectivity index is 1.28. The van der Waals surface area contributed by atoms with Gasteiger partial charge in [-0.3, -0.25) is 0 Å². The molecule has 0 fully saturated rings. The van der Waals surface area contributed by atoms with E-state index < -0.39 is 0 Å². The highest BCUT2D eigenvalue weighted by molar-refractivity contribution is 7.26. The van der Waals surface area contributed by atoms with E-state index in [4.69, 9.17) is 0 Å². The minimum Gasteiger partial charge on any atom is -0.192 e. The Hall–Kier alpha value is -5.53. The normalized spacial score (nSPS) is 11.5. The molecule has 0 aliphatic heterocycles. The molecule has 0 amide bonds. The quantitative estimate of drug-likeness (QED) is 0.192. The van der Waals surface area contributed by atoms with Crippen LogP contribution in [0.4, 0.5) is 0 Å². The van der Waals surface area contributed by atoms with Gasteiger partial charge in [0.15, 0.2) is 0 Å². The fraction of sp³-hybridized carbons (Fsp3) is 0. The zero-order valence-electron chi connectivity index (χ0n) is 24.7. The van der Waals surface area contributed by atoms with E-state index in [1.807, 2.05) is 53.0 Å². The van der Waals surface area contributed by atoms with Crippen LogP contribution in [0.25, 0.3) is 84.9 Å². The summed E-state index contributed by atoms with van der Waals surface area (Å²) < 4.78 is 5.21. The molecule has 0 atom stereocenters. The molecule has 2 aromatic heterocycles. The molecule has 0 saturated carbocycles. The Morgan fingerprint density at radius 2 is 0.870 bits per heavy atom. The van der Waals surface area contributed by atoms with Crippen LogP contribution in [0.5, 0.6) is 0 Å². The van der Waals surface area contributed by atoms with Gasteiger partial charge in [-0.25, -0.2) is 0 Å². The maximum absolute atomic E-state index is 9.97. The van der Waals surface area contributed by atoms with Crippen molar-refractivity contribution in [3.05, 3.63) is 157 Å². The largest absolute Gasteiger partial charge is 0.192 e. The zero-order valence-corrected chi connectivity index (χ0v) is 26.3. The Kier molecular flexibility index (Phi) is 6.31. The van der Waals surface area contributed by atoms with Gasteiger partial charge >= 0.3 is 0 Å². The second-order valence-corrected chi connectivity index (χ2v) is 13.8. The number of fused-ring (bicyclic) bond motifs is 6. The molecule has 7 aromatic carbocycles. The van der Waals surface area contributed by atoms with Gasteiger partial charge in [0.1, 0.15) is 0 Å². The van der Waals surface area contributed by atoms with E-state index in [2.05, 4.69) is 127 Å². The van der Waals surface area contributed by atoms with Gasteiger partial charge < -0.3 is 0 Å². The van der Waals surface area contributed by atoms with Crippen LogP contribution < -0.4 is 0 Å². The first-order chi connectivity index (χ1) is 22.7. The monoisotopic (exact) mass is 619 g/mol. The summed E-state index contributed by atoms with van der Waals surface area (Å²) in [5.41, 5.74) is 9.67. The van der Waals surface area contributed by atoms with Crippen molar-refractivity contribution in [2.45, 2.75) is 0 Å². The highest BCUT2D eigenvalue weighted by Crippen LogP contribution is 2.43. The molecule has 9 aromatic rings. The molecule has 3 heteroatoms. The molecule has 0 aliphatic carbocycles. The molecule has 0 unspecified atom stereocenters. The van der Waals surface area contributed by atoms with Gasteiger partial charge in [-0.05, 0) is 105 Å². The third-order valence-electron chi connectivity index (χ3n) is 8.90. The number of nitriles is 1. The number of rotatable bonds is 4. The van der Waals surface area contributed by atoms with Gasteiger partial charge in [-0.2, -0.15) is 5.26 Å². The van der Waals surface area contributed by atoms with Gasteiger partial charge in [0.25, 0.3) is 0 Å². The molecule has 0 radical (unpaired) electrons. The van der Waals surface area contributed by atoms with Gasteiger partial charge in [0.2, 0.25) is 0 Å². The van der Waals surface area contributed by atoms with E-state index in [1.165, 1.54) is 62.6 Å². The highest BCUT2D eigenvalue weighted by atomic mass is 32.1. The summed E-state index contributed by atoms with van der Waals surface area (Å²) in [6.07, 6.45) is 0. The average Bonchev–Trinajstić information content (AvgIpc) is 3.69. The molecule has 0 N–H and O–H groups in total. The van der Waals surface area contributed by atoms with E-state index in [-0.39, 0.29) is 0 Å². The number of nitrogens with zero attached hydrogens (tertiary/aromatic N) is 1. The predicted molar refractivity (Wildman–Crippen MR) is 199 cm³/mol. The van der Waals surface area contributed by atoms with Crippen LogP contribution in [0.3, 0.4) is 0 Å². The van der Waals surface area contributed by atoms with Gasteiger partial charge in [0.05, 0.1) is 11.6 Å². The van der Waals surface area contributed by atoms with E-state index in [1.54, 1.807) is 0 Å². The first kappa shape index (κ1) is 26.8. The second kappa shape index (κ2) is 10.8. The van der Waals surface area contributed by atoms with Gasteiger partial charge in [-0.15, -0.1) is 22.7 Å². The number of hydrogen-bond donors (Lipinski definition) is 0. The standard InChI is InChI=1S/C43H25NS2/c44-26-27-20-32(28-8-2-1-3-9-28)22-33(21-27)29-14-17-34(30-15-18-42-38(24-30)35-10-4-6-12-40(35)45-42)37(23-29)31-16-19-43-39(25-31)36-11-5-7-13-41(36)46-43/h1-25H. The van der Waals surface area contributed by atoms with Crippen LogP contribution in [0.2, 0.25) is 0 Å².